The van der Waals surface area contributed by atoms with E-state index in [-0.39, 0.29) is 0 Å². The zero-order chi connectivity index (χ0) is 13.1. The minimum Gasteiger partial charge on any atom is -0.339 e. The lowest BCUT2D eigenvalue weighted by molar-refractivity contribution is 0.403. The number of hydrogen-bond donors (Lipinski definition) is 1. The maximum absolute atomic E-state index is 4.65. The first kappa shape index (κ1) is 11.6. The Hall–Kier alpha value is -2.43. The second-order valence-corrected chi connectivity index (χ2v) is 4.37. The molecule has 1 aliphatic rings. The van der Waals surface area contributed by atoms with Crippen molar-refractivity contribution < 1.29 is 0 Å². The van der Waals surface area contributed by atoms with Crippen LogP contribution in [0.4, 0.5) is 0 Å². The van der Waals surface area contributed by atoms with Crippen LogP contribution in [0.5, 0.6) is 0 Å². The first-order chi connectivity index (χ1) is 9.35. The SMILES string of the molecule is CN=C1N=CN(Cc2ccc3ccccc3n2)CN1. The molecule has 1 N–H and O–H groups in total. The van der Waals surface area contributed by atoms with Crippen LogP contribution < -0.4 is 5.32 Å². The van der Waals surface area contributed by atoms with Crippen molar-refractivity contribution in [2.24, 2.45) is 9.98 Å². The van der Waals surface area contributed by atoms with Gasteiger partial charge in [0.25, 0.3) is 0 Å². The van der Waals surface area contributed by atoms with E-state index >= 15 is 0 Å². The molecule has 2 heterocycles. The summed E-state index contributed by atoms with van der Waals surface area (Å²) in [6.45, 7) is 1.43. The smallest absolute Gasteiger partial charge is 0.220 e. The van der Waals surface area contributed by atoms with Gasteiger partial charge in [-0.25, -0.2) is 4.99 Å². The van der Waals surface area contributed by atoms with Gasteiger partial charge in [-0.3, -0.25) is 9.98 Å². The summed E-state index contributed by atoms with van der Waals surface area (Å²) in [6.07, 6.45) is 1.80. The molecule has 96 valence electrons. The monoisotopic (exact) mass is 253 g/mol. The van der Waals surface area contributed by atoms with Gasteiger partial charge in [-0.15, -0.1) is 0 Å². The predicted octanol–water partition coefficient (Wildman–Crippen LogP) is 1.61. The Morgan fingerprint density at radius 3 is 2.95 bits per heavy atom. The first-order valence-electron chi connectivity index (χ1n) is 6.19. The molecule has 0 bridgehead atoms. The second kappa shape index (κ2) is 5.06. The van der Waals surface area contributed by atoms with Crippen LogP contribution in [0.1, 0.15) is 5.69 Å². The van der Waals surface area contributed by atoms with Gasteiger partial charge < -0.3 is 10.2 Å². The number of pyridine rings is 1. The number of fused-ring (bicyclic) bond motifs is 1. The fraction of sp³-hybridized carbons (Fsp3) is 0.214. The molecule has 2 aromatic rings. The van der Waals surface area contributed by atoms with Crippen molar-refractivity contribution in [3.05, 3.63) is 42.1 Å². The van der Waals surface area contributed by atoms with E-state index in [0.29, 0.717) is 12.6 Å². The molecule has 1 aliphatic heterocycles. The van der Waals surface area contributed by atoms with Gasteiger partial charge in [0.05, 0.1) is 30.8 Å². The van der Waals surface area contributed by atoms with Crippen LogP contribution in [0.25, 0.3) is 10.9 Å². The summed E-state index contributed by atoms with van der Waals surface area (Å²) in [5.74, 6) is 0.669. The molecule has 3 rings (SSSR count). The number of aliphatic imine (C=N–C) groups is 2. The van der Waals surface area contributed by atoms with Crippen molar-refractivity contribution in [3.63, 3.8) is 0 Å². The quantitative estimate of drug-likeness (QED) is 0.884. The third kappa shape index (κ3) is 2.54. The minimum atomic E-state index is 0.669. The summed E-state index contributed by atoms with van der Waals surface area (Å²) in [5, 5.41) is 4.29. The Bertz CT molecular complexity index is 647. The second-order valence-electron chi connectivity index (χ2n) is 4.37. The zero-order valence-electron chi connectivity index (χ0n) is 10.7. The van der Waals surface area contributed by atoms with E-state index in [4.69, 9.17) is 0 Å². The molecule has 0 unspecified atom stereocenters. The van der Waals surface area contributed by atoms with Crippen LogP contribution in [-0.4, -0.2) is 35.9 Å². The van der Waals surface area contributed by atoms with Crippen molar-refractivity contribution in [3.8, 4) is 0 Å². The summed E-state index contributed by atoms with van der Waals surface area (Å²) in [7, 11) is 1.72. The normalized spacial score (nSPS) is 16.9. The third-order valence-corrected chi connectivity index (χ3v) is 3.02. The molecule has 1 aromatic carbocycles. The molecule has 1 aromatic heterocycles. The van der Waals surface area contributed by atoms with Gasteiger partial charge in [0.2, 0.25) is 5.96 Å². The van der Waals surface area contributed by atoms with Gasteiger partial charge in [0, 0.05) is 12.4 Å². The van der Waals surface area contributed by atoms with Crippen LogP contribution in [0.3, 0.4) is 0 Å². The minimum absolute atomic E-state index is 0.669. The first-order valence-corrected chi connectivity index (χ1v) is 6.19. The number of benzene rings is 1. The Balaban J connectivity index is 1.78. The summed E-state index contributed by atoms with van der Waals surface area (Å²) in [4.78, 5) is 14.9. The van der Waals surface area contributed by atoms with Crippen LogP contribution in [0.2, 0.25) is 0 Å². The number of hydrogen-bond acceptors (Lipinski definition) is 3. The number of aromatic nitrogens is 1. The number of nitrogens with one attached hydrogen (secondary N) is 1. The summed E-state index contributed by atoms with van der Waals surface area (Å²) >= 11 is 0. The number of rotatable bonds is 2. The highest BCUT2D eigenvalue weighted by molar-refractivity contribution is 5.88. The van der Waals surface area contributed by atoms with Crippen molar-refractivity contribution in [2.75, 3.05) is 13.7 Å². The summed E-state index contributed by atoms with van der Waals surface area (Å²) in [6, 6.07) is 12.3. The van der Waals surface area contributed by atoms with E-state index in [0.717, 1.165) is 23.1 Å². The molecule has 19 heavy (non-hydrogen) atoms. The van der Waals surface area contributed by atoms with Gasteiger partial charge in [0.15, 0.2) is 0 Å². The highest BCUT2D eigenvalue weighted by Crippen LogP contribution is 2.12. The number of nitrogens with zero attached hydrogens (tertiary/aromatic N) is 4. The lowest BCUT2D eigenvalue weighted by atomic mass is 10.2. The maximum atomic E-state index is 4.65. The summed E-state index contributed by atoms with van der Waals surface area (Å²) in [5.41, 5.74) is 2.06. The Morgan fingerprint density at radius 1 is 1.26 bits per heavy atom. The van der Waals surface area contributed by atoms with Crippen molar-refractivity contribution in [2.45, 2.75) is 6.54 Å². The molecule has 0 atom stereocenters. The molecule has 0 radical (unpaired) electrons. The van der Waals surface area contributed by atoms with Crippen molar-refractivity contribution in [1.82, 2.24) is 15.2 Å². The third-order valence-electron chi connectivity index (χ3n) is 3.02. The number of guanidine groups is 1. The molecule has 0 amide bonds. The molecule has 0 saturated heterocycles. The summed E-state index contributed by atoms with van der Waals surface area (Å²) < 4.78 is 0. The standard InChI is InChI=1S/C14H15N5/c1-15-14-16-9-19(10-17-14)8-12-7-6-11-4-2-3-5-13(11)18-12/h2-7,9H,8,10H2,1H3,(H,15,17). The van der Waals surface area contributed by atoms with Crippen LogP contribution >= 0.6 is 0 Å². The average Bonchev–Trinajstić information content (AvgIpc) is 2.48. The van der Waals surface area contributed by atoms with E-state index in [1.165, 1.54) is 0 Å². The van der Waals surface area contributed by atoms with Crippen LogP contribution in [-0.2, 0) is 6.54 Å². The van der Waals surface area contributed by atoms with Crippen LogP contribution in [0.15, 0.2) is 46.4 Å². The van der Waals surface area contributed by atoms with Crippen molar-refractivity contribution >= 4 is 23.2 Å². The molecular formula is C14H15N5. The fourth-order valence-electron chi connectivity index (χ4n) is 2.03. The van der Waals surface area contributed by atoms with Gasteiger partial charge >= 0.3 is 0 Å². The van der Waals surface area contributed by atoms with Gasteiger partial charge in [-0.05, 0) is 12.1 Å². The largest absolute Gasteiger partial charge is 0.339 e. The lowest BCUT2D eigenvalue weighted by Crippen LogP contribution is -2.40. The van der Waals surface area contributed by atoms with E-state index < -0.39 is 0 Å². The van der Waals surface area contributed by atoms with Crippen LogP contribution in [0, 0.1) is 0 Å². The highest BCUT2D eigenvalue weighted by atomic mass is 15.3. The van der Waals surface area contributed by atoms with E-state index in [1.807, 2.05) is 18.2 Å². The number of para-hydroxylation sites is 1. The molecular weight excluding hydrogens is 238 g/mol. The molecule has 0 spiro atoms. The van der Waals surface area contributed by atoms with E-state index in [2.05, 4.69) is 43.4 Å². The molecule has 0 aliphatic carbocycles. The fourth-order valence-corrected chi connectivity index (χ4v) is 2.03. The van der Waals surface area contributed by atoms with Gasteiger partial charge in [-0.1, -0.05) is 24.3 Å². The highest BCUT2D eigenvalue weighted by Gasteiger charge is 2.09. The zero-order valence-corrected chi connectivity index (χ0v) is 10.7. The van der Waals surface area contributed by atoms with Gasteiger partial charge in [0.1, 0.15) is 0 Å². The molecule has 0 saturated carbocycles. The van der Waals surface area contributed by atoms with E-state index in [1.54, 1.807) is 13.4 Å². The predicted molar refractivity (Wildman–Crippen MR) is 77.1 cm³/mol. The Kier molecular flexibility index (Phi) is 3.10. The Labute approximate surface area is 111 Å². The van der Waals surface area contributed by atoms with Gasteiger partial charge in [-0.2, -0.15) is 0 Å². The van der Waals surface area contributed by atoms with Crippen molar-refractivity contribution in [1.29, 1.82) is 0 Å². The Morgan fingerprint density at radius 2 is 2.16 bits per heavy atom. The molecule has 5 heteroatoms. The molecule has 0 fully saturated rings. The average molecular weight is 253 g/mol. The maximum Gasteiger partial charge on any atom is 0.220 e. The molecule has 5 nitrogen and oxygen atoms in total. The lowest BCUT2D eigenvalue weighted by Gasteiger charge is -2.23. The topological polar surface area (TPSA) is 52.9 Å². The van der Waals surface area contributed by atoms with E-state index in [9.17, 15) is 0 Å².